The standard InChI is InChI=1S/C21H24ClN3O3/c1-13-15(12-24-25(13)10-9-21(2,3)27)19-18(20(26)28-4)16(11-23-19)14-7-5-6-8-17(14)22/h5-8,11-12,23,27H,9-10H2,1-4H3. The van der Waals surface area contributed by atoms with Gasteiger partial charge in [0.1, 0.15) is 0 Å². The molecular weight excluding hydrogens is 378 g/mol. The Kier molecular flexibility index (Phi) is 5.63. The number of halogens is 1. The minimum atomic E-state index is -0.778. The molecule has 1 aromatic carbocycles. The van der Waals surface area contributed by atoms with Gasteiger partial charge >= 0.3 is 5.97 Å². The number of carbonyl (C=O) groups is 1. The zero-order valence-electron chi connectivity index (χ0n) is 16.4. The smallest absolute Gasteiger partial charge is 0.340 e. The number of carbonyl (C=O) groups excluding carboxylic acids is 1. The zero-order chi connectivity index (χ0) is 20.5. The summed E-state index contributed by atoms with van der Waals surface area (Å²) in [4.78, 5) is 15.8. The van der Waals surface area contributed by atoms with Crippen molar-refractivity contribution in [2.45, 2.75) is 39.3 Å². The summed E-state index contributed by atoms with van der Waals surface area (Å²) in [5, 5.41) is 15.0. The molecule has 2 aromatic heterocycles. The second-order valence-electron chi connectivity index (χ2n) is 7.35. The molecule has 3 aromatic rings. The zero-order valence-corrected chi connectivity index (χ0v) is 17.2. The number of ether oxygens (including phenoxy) is 1. The second-order valence-corrected chi connectivity index (χ2v) is 7.76. The molecule has 0 aliphatic carbocycles. The van der Waals surface area contributed by atoms with Crippen molar-refractivity contribution >= 4 is 17.6 Å². The van der Waals surface area contributed by atoms with Crippen molar-refractivity contribution in [3.63, 3.8) is 0 Å². The van der Waals surface area contributed by atoms with Crippen LogP contribution in [-0.4, -0.2) is 38.6 Å². The second kappa shape index (κ2) is 7.81. The van der Waals surface area contributed by atoms with Gasteiger partial charge in [0.2, 0.25) is 0 Å². The summed E-state index contributed by atoms with van der Waals surface area (Å²) < 4.78 is 6.86. The normalized spacial score (nSPS) is 11.6. The third kappa shape index (κ3) is 3.98. The largest absolute Gasteiger partial charge is 0.465 e. The molecule has 2 heterocycles. The molecular formula is C21H24ClN3O3. The van der Waals surface area contributed by atoms with Crippen LogP contribution in [0.15, 0.2) is 36.7 Å². The summed E-state index contributed by atoms with van der Waals surface area (Å²) >= 11 is 6.35. The molecule has 7 heteroatoms. The number of aromatic amines is 1. The monoisotopic (exact) mass is 401 g/mol. The Morgan fingerprint density at radius 2 is 2.00 bits per heavy atom. The first-order valence-corrected chi connectivity index (χ1v) is 9.40. The van der Waals surface area contributed by atoms with E-state index in [-0.39, 0.29) is 0 Å². The molecule has 3 rings (SSSR count). The van der Waals surface area contributed by atoms with Crippen molar-refractivity contribution in [1.29, 1.82) is 0 Å². The third-order valence-electron chi connectivity index (χ3n) is 4.74. The highest BCUT2D eigenvalue weighted by Gasteiger charge is 2.25. The fourth-order valence-corrected chi connectivity index (χ4v) is 3.38. The van der Waals surface area contributed by atoms with E-state index in [1.165, 1.54) is 7.11 Å². The minimum Gasteiger partial charge on any atom is -0.465 e. The molecule has 0 unspecified atom stereocenters. The molecule has 6 nitrogen and oxygen atoms in total. The number of aromatic nitrogens is 3. The Bertz CT molecular complexity index is 999. The first kappa shape index (κ1) is 20.2. The van der Waals surface area contributed by atoms with Crippen LogP contribution >= 0.6 is 11.6 Å². The van der Waals surface area contributed by atoms with Gasteiger partial charge in [-0.15, -0.1) is 0 Å². The molecule has 0 amide bonds. The number of aliphatic hydroxyl groups is 1. The predicted molar refractivity (Wildman–Crippen MR) is 109 cm³/mol. The number of hydrogen-bond donors (Lipinski definition) is 2. The van der Waals surface area contributed by atoms with Crippen molar-refractivity contribution in [2.75, 3.05) is 7.11 Å². The highest BCUT2D eigenvalue weighted by Crippen LogP contribution is 2.37. The van der Waals surface area contributed by atoms with E-state index in [0.717, 1.165) is 16.8 Å². The first-order valence-electron chi connectivity index (χ1n) is 9.02. The van der Waals surface area contributed by atoms with E-state index in [0.29, 0.717) is 34.8 Å². The molecule has 0 radical (unpaired) electrons. The summed E-state index contributed by atoms with van der Waals surface area (Å²) in [6.07, 6.45) is 4.04. The predicted octanol–water partition coefficient (Wildman–Crippen LogP) is 4.45. The van der Waals surface area contributed by atoms with Crippen LogP contribution in [0.3, 0.4) is 0 Å². The topological polar surface area (TPSA) is 80.1 Å². The van der Waals surface area contributed by atoms with Crippen LogP contribution in [0.4, 0.5) is 0 Å². The van der Waals surface area contributed by atoms with Crippen molar-refractivity contribution in [1.82, 2.24) is 14.8 Å². The third-order valence-corrected chi connectivity index (χ3v) is 5.07. The van der Waals surface area contributed by atoms with E-state index >= 15 is 0 Å². The number of nitrogens with zero attached hydrogens (tertiary/aromatic N) is 2. The molecule has 0 spiro atoms. The summed E-state index contributed by atoms with van der Waals surface area (Å²) in [5.41, 5.74) is 3.39. The summed E-state index contributed by atoms with van der Waals surface area (Å²) in [5.74, 6) is -0.449. The van der Waals surface area contributed by atoms with Gasteiger partial charge in [-0.25, -0.2) is 4.79 Å². The maximum Gasteiger partial charge on any atom is 0.340 e. The number of benzene rings is 1. The Balaban J connectivity index is 2.08. The van der Waals surface area contributed by atoms with Crippen LogP contribution in [-0.2, 0) is 11.3 Å². The Morgan fingerprint density at radius 3 is 2.64 bits per heavy atom. The van der Waals surface area contributed by atoms with Gasteiger partial charge in [-0.3, -0.25) is 4.68 Å². The van der Waals surface area contributed by atoms with Gasteiger partial charge < -0.3 is 14.8 Å². The molecule has 2 N–H and O–H groups in total. The van der Waals surface area contributed by atoms with Gasteiger partial charge in [-0.1, -0.05) is 29.8 Å². The highest BCUT2D eigenvalue weighted by molar-refractivity contribution is 6.33. The quantitative estimate of drug-likeness (QED) is 0.598. The molecule has 28 heavy (non-hydrogen) atoms. The van der Waals surface area contributed by atoms with E-state index in [2.05, 4.69) is 10.1 Å². The van der Waals surface area contributed by atoms with Gasteiger partial charge in [0.15, 0.2) is 0 Å². The fraction of sp³-hybridized carbons (Fsp3) is 0.333. The maximum atomic E-state index is 12.6. The molecule has 148 valence electrons. The van der Waals surface area contributed by atoms with Gasteiger partial charge in [0, 0.05) is 40.1 Å². The molecule has 0 aliphatic rings. The van der Waals surface area contributed by atoms with Crippen LogP contribution in [0.2, 0.25) is 5.02 Å². The van der Waals surface area contributed by atoms with Crippen molar-refractivity contribution in [3.05, 3.63) is 52.9 Å². The molecule has 0 saturated heterocycles. The number of methoxy groups -OCH3 is 1. The summed E-state index contributed by atoms with van der Waals surface area (Å²) in [7, 11) is 1.36. The van der Waals surface area contributed by atoms with Crippen LogP contribution in [0.25, 0.3) is 22.4 Å². The molecule has 0 aliphatic heterocycles. The van der Waals surface area contributed by atoms with Crippen LogP contribution in [0.1, 0.15) is 36.3 Å². The average Bonchev–Trinajstić information content (AvgIpc) is 3.22. The maximum absolute atomic E-state index is 12.6. The molecule has 0 fully saturated rings. The number of hydrogen-bond acceptors (Lipinski definition) is 4. The minimum absolute atomic E-state index is 0.417. The Labute approximate surface area is 169 Å². The van der Waals surface area contributed by atoms with Crippen molar-refractivity contribution in [2.24, 2.45) is 0 Å². The van der Waals surface area contributed by atoms with E-state index in [1.807, 2.05) is 29.8 Å². The van der Waals surface area contributed by atoms with E-state index in [4.69, 9.17) is 16.3 Å². The Morgan fingerprint density at radius 1 is 1.29 bits per heavy atom. The molecule has 0 bridgehead atoms. The number of nitrogens with one attached hydrogen (secondary N) is 1. The number of H-pyrrole nitrogens is 1. The summed E-state index contributed by atoms with van der Waals surface area (Å²) in [6.45, 7) is 6.04. The molecule has 0 saturated carbocycles. The van der Waals surface area contributed by atoms with Gasteiger partial charge in [0.05, 0.1) is 30.2 Å². The van der Waals surface area contributed by atoms with E-state index in [9.17, 15) is 9.90 Å². The van der Waals surface area contributed by atoms with Crippen molar-refractivity contribution < 1.29 is 14.6 Å². The SMILES string of the molecule is COC(=O)c1c(-c2ccccc2Cl)c[nH]c1-c1cnn(CCC(C)(C)O)c1C. The Hall–Kier alpha value is -2.57. The van der Waals surface area contributed by atoms with E-state index < -0.39 is 11.6 Å². The number of rotatable bonds is 6. The number of aryl methyl sites for hydroxylation is 1. The highest BCUT2D eigenvalue weighted by atomic mass is 35.5. The first-order chi connectivity index (χ1) is 13.2. The van der Waals surface area contributed by atoms with Gasteiger partial charge in [-0.05, 0) is 33.3 Å². The fourth-order valence-electron chi connectivity index (χ4n) is 3.14. The van der Waals surface area contributed by atoms with Crippen LogP contribution in [0, 0.1) is 6.92 Å². The lowest BCUT2D eigenvalue weighted by Crippen LogP contribution is -2.21. The lowest BCUT2D eigenvalue weighted by Gasteiger charge is -2.17. The van der Waals surface area contributed by atoms with E-state index in [1.54, 1.807) is 32.3 Å². The lowest BCUT2D eigenvalue weighted by molar-refractivity contribution is 0.0601. The van der Waals surface area contributed by atoms with Crippen molar-refractivity contribution in [3.8, 4) is 22.4 Å². The number of esters is 1. The van der Waals surface area contributed by atoms with Gasteiger partial charge in [-0.2, -0.15) is 5.10 Å². The van der Waals surface area contributed by atoms with Gasteiger partial charge in [0.25, 0.3) is 0 Å². The lowest BCUT2D eigenvalue weighted by atomic mass is 10.00. The average molecular weight is 402 g/mol. The summed E-state index contributed by atoms with van der Waals surface area (Å²) in [6, 6.07) is 7.36. The molecule has 0 atom stereocenters. The van der Waals surface area contributed by atoms with Crippen LogP contribution in [0.5, 0.6) is 0 Å². The van der Waals surface area contributed by atoms with Crippen LogP contribution < -0.4 is 0 Å².